The van der Waals surface area contributed by atoms with Crippen LogP contribution in [-0.2, 0) is 4.74 Å². The van der Waals surface area contributed by atoms with Crippen LogP contribution in [0.1, 0.15) is 49.4 Å². The van der Waals surface area contributed by atoms with E-state index in [2.05, 4.69) is 67.2 Å². The molecule has 0 aliphatic heterocycles. The summed E-state index contributed by atoms with van der Waals surface area (Å²) in [5, 5.41) is 2.36. The summed E-state index contributed by atoms with van der Waals surface area (Å²) < 4.78 is 8.74. The number of benzene rings is 3. The lowest BCUT2D eigenvalue weighted by molar-refractivity contribution is -0.0171. The quantitative estimate of drug-likeness (QED) is 0.186. The van der Waals surface area contributed by atoms with E-state index in [9.17, 15) is 4.79 Å². The zero-order valence-corrected chi connectivity index (χ0v) is 18.7. The van der Waals surface area contributed by atoms with Gasteiger partial charge in [-0.25, -0.2) is 4.79 Å². The average Bonchev–Trinajstić information content (AvgIpc) is 3.14. The van der Waals surface area contributed by atoms with E-state index in [0.717, 1.165) is 36.6 Å². The van der Waals surface area contributed by atoms with Gasteiger partial charge < -0.3 is 4.74 Å². The molecular formula is C28H27O2S+. The highest BCUT2D eigenvalue weighted by Crippen LogP contribution is 2.48. The van der Waals surface area contributed by atoms with Gasteiger partial charge in [0.2, 0.25) is 0 Å². The van der Waals surface area contributed by atoms with Crippen LogP contribution in [0, 0.1) is 0 Å². The van der Waals surface area contributed by atoms with E-state index in [1.54, 1.807) is 0 Å². The topological polar surface area (TPSA) is 26.3 Å². The highest BCUT2D eigenvalue weighted by Gasteiger charge is 2.37. The van der Waals surface area contributed by atoms with Crippen LogP contribution in [0.5, 0.6) is 0 Å². The maximum Gasteiger partial charge on any atom is 0.339 e. The van der Waals surface area contributed by atoms with Gasteiger partial charge in [-0.1, -0.05) is 43.3 Å². The molecule has 31 heavy (non-hydrogen) atoms. The molecule has 1 unspecified atom stereocenters. The van der Waals surface area contributed by atoms with Gasteiger partial charge in [0.15, 0.2) is 14.3 Å². The third-order valence-corrected chi connectivity index (χ3v) is 8.87. The Kier molecular flexibility index (Phi) is 5.15. The molecule has 0 N–H and O–H groups in total. The minimum atomic E-state index is -0.513. The first-order chi connectivity index (χ1) is 15.1. The van der Waals surface area contributed by atoms with Gasteiger partial charge in [-0.3, -0.25) is 0 Å². The first-order valence-electron chi connectivity index (χ1n) is 11.0. The highest BCUT2D eigenvalue weighted by molar-refractivity contribution is 7.50. The summed E-state index contributed by atoms with van der Waals surface area (Å²) in [6, 6.07) is 25.3. The fourth-order valence-electron chi connectivity index (χ4n) is 4.82. The van der Waals surface area contributed by atoms with E-state index in [1.165, 1.54) is 26.1 Å². The number of carbonyl (C=O) groups excluding carboxylic acids is 1. The van der Waals surface area contributed by atoms with E-state index >= 15 is 0 Å². The number of thiophene rings is 1. The Bertz CT molecular complexity index is 1280. The van der Waals surface area contributed by atoms with Crippen LogP contribution >= 0.6 is 10.5 Å². The number of esters is 1. The molecule has 1 aliphatic carbocycles. The smallest absolute Gasteiger partial charge is 0.339 e. The van der Waals surface area contributed by atoms with Gasteiger partial charge in [0.25, 0.3) is 0 Å². The third-order valence-electron chi connectivity index (χ3n) is 6.54. The average molecular weight is 428 g/mol. The molecule has 1 saturated carbocycles. The molecule has 3 aromatic carbocycles. The molecule has 0 radical (unpaired) electrons. The molecular weight excluding hydrogens is 400 g/mol. The Hall–Kier alpha value is -2.91. The fourth-order valence-corrected chi connectivity index (χ4v) is 7.20. The first-order valence-corrected chi connectivity index (χ1v) is 12.2. The van der Waals surface area contributed by atoms with Crippen LogP contribution in [-0.4, -0.2) is 11.6 Å². The Labute approximate surface area is 186 Å². The zero-order chi connectivity index (χ0) is 21.4. The van der Waals surface area contributed by atoms with E-state index in [4.69, 9.17) is 4.74 Å². The summed E-state index contributed by atoms with van der Waals surface area (Å²) in [5.41, 5.74) is 1.07. The number of rotatable bonds is 4. The van der Waals surface area contributed by atoms with Crippen molar-refractivity contribution in [3.8, 4) is 4.90 Å². The van der Waals surface area contributed by atoms with Crippen molar-refractivity contribution in [1.82, 2.24) is 0 Å². The molecule has 2 nitrogen and oxygen atoms in total. The lowest BCUT2D eigenvalue weighted by Gasteiger charge is -2.37. The van der Waals surface area contributed by atoms with Crippen molar-refractivity contribution in [3.63, 3.8) is 0 Å². The standard InChI is InChI=1S/C28H27O2S/c1-20(2)28(17-9-4-10-18-28)30-27(29)21-15-16-26-24(19-21)23-13-7-8-14-25(23)31(26)22-11-5-3-6-12-22/h3,5-8,11-16,19H,1,4,9-10,17-18H2,2H3/q+1. The molecule has 1 fully saturated rings. The molecule has 5 rings (SSSR count). The van der Waals surface area contributed by atoms with Gasteiger partial charge >= 0.3 is 5.97 Å². The monoisotopic (exact) mass is 427 g/mol. The lowest BCUT2D eigenvalue weighted by atomic mass is 9.80. The third kappa shape index (κ3) is 3.47. The van der Waals surface area contributed by atoms with Gasteiger partial charge in [0, 0.05) is 21.2 Å². The van der Waals surface area contributed by atoms with E-state index in [0.29, 0.717) is 5.56 Å². The first kappa shape index (κ1) is 20.0. The van der Waals surface area contributed by atoms with Crippen molar-refractivity contribution in [1.29, 1.82) is 0 Å². The number of fused-ring (bicyclic) bond motifs is 3. The second kappa shape index (κ2) is 7.97. The van der Waals surface area contributed by atoms with Crippen molar-refractivity contribution in [2.24, 2.45) is 0 Å². The molecule has 4 aromatic rings. The van der Waals surface area contributed by atoms with E-state index < -0.39 is 5.60 Å². The van der Waals surface area contributed by atoms with Gasteiger partial charge in [-0.05, 0) is 80.6 Å². The van der Waals surface area contributed by atoms with Gasteiger partial charge in [-0.2, -0.15) is 0 Å². The molecule has 156 valence electrons. The maximum atomic E-state index is 13.2. The van der Waals surface area contributed by atoms with Crippen molar-refractivity contribution < 1.29 is 9.53 Å². The molecule has 0 bridgehead atoms. The summed E-state index contributed by atoms with van der Waals surface area (Å²) in [7, 11) is -0.150. The predicted octanol–water partition coefficient (Wildman–Crippen LogP) is 8.17. The molecule has 1 aliphatic rings. The molecule has 1 heterocycles. The largest absolute Gasteiger partial charge is 0.451 e. The SMILES string of the molecule is C=C(C)C1(OC(=O)c2ccc3c(c2)c2ccccc2[s+]3-c2ccccc2)CCCCC1. The van der Waals surface area contributed by atoms with Crippen molar-refractivity contribution in [2.75, 3.05) is 0 Å². The lowest BCUT2D eigenvalue weighted by Crippen LogP contribution is -2.38. The normalized spacial score (nSPS) is 16.4. The summed E-state index contributed by atoms with van der Waals surface area (Å²) >= 11 is 0. The molecule has 3 heteroatoms. The van der Waals surface area contributed by atoms with Gasteiger partial charge in [0.1, 0.15) is 5.60 Å². The molecule has 0 spiro atoms. The minimum Gasteiger partial charge on any atom is -0.451 e. The van der Waals surface area contributed by atoms with Crippen LogP contribution in [0.4, 0.5) is 0 Å². The second-order valence-corrected chi connectivity index (χ2v) is 10.5. The zero-order valence-electron chi connectivity index (χ0n) is 17.9. The predicted molar refractivity (Wildman–Crippen MR) is 131 cm³/mol. The number of ether oxygens (including phenoxy) is 1. The van der Waals surface area contributed by atoms with Crippen molar-refractivity contribution in [2.45, 2.75) is 44.6 Å². The van der Waals surface area contributed by atoms with Crippen LogP contribution < -0.4 is 0 Å². The van der Waals surface area contributed by atoms with Crippen molar-refractivity contribution >= 4 is 36.6 Å². The van der Waals surface area contributed by atoms with Crippen LogP contribution in [0.2, 0.25) is 0 Å². The number of hydrogen-bond donors (Lipinski definition) is 0. The van der Waals surface area contributed by atoms with E-state index in [1.807, 2.05) is 19.1 Å². The van der Waals surface area contributed by atoms with Crippen LogP contribution in [0.25, 0.3) is 25.1 Å². The molecule has 0 saturated heterocycles. The summed E-state index contributed by atoms with van der Waals surface area (Å²) in [4.78, 5) is 14.5. The summed E-state index contributed by atoms with van der Waals surface area (Å²) in [6.07, 6.45) is 5.11. The van der Waals surface area contributed by atoms with Gasteiger partial charge in [-0.15, -0.1) is 0 Å². The highest BCUT2D eigenvalue weighted by atomic mass is 32.2. The Morgan fingerprint density at radius 2 is 1.55 bits per heavy atom. The van der Waals surface area contributed by atoms with Crippen LogP contribution in [0.15, 0.2) is 84.9 Å². The van der Waals surface area contributed by atoms with Crippen molar-refractivity contribution in [3.05, 3.63) is 90.5 Å². The van der Waals surface area contributed by atoms with E-state index in [-0.39, 0.29) is 16.4 Å². The number of hydrogen-bond acceptors (Lipinski definition) is 2. The second-order valence-electron chi connectivity index (χ2n) is 8.55. The Balaban J connectivity index is 1.60. The number of carbonyl (C=O) groups is 1. The Morgan fingerprint density at radius 3 is 2.29 bits per heavy atom. The molecule has 1 aromatic heterocycles. The molecule has 0 amide bonds. The molecule has 1 atom stereocenters. The van der Waals surface area contributed by atoms with Crippen LogP contribution in [0.3, 0.4) is 0 Å². The summed E-state index contributed by atoms with van der Waals surface area (Å²) in [5.74, 6) is -0.239. The Morgan fingerprint density at radius 1 is 0.871 bits per heavy atom. The summed E-state index contributed by atoms with van der Waals surface area (Å²) in [6.45, 7) is 6.14. The fraction of sp³-hybridized carbons (Fsp3) is 0.250. The minimum absolute atomic E-state index is 0.150. The maximum absolute atomic E-state index is 13.2. The van der Waals surface area contributed by atoms with Gasteiger partial charge in [0.05, 0.1) is 5.56 Å².